The van der Waals surface area contributed by atoms with Gasteiger partial charge in [-0.15, -0.1) is 0 Å². The molecule has 0 radical (unpaired) electrons. The molecular weight excluding hydrogens is 194 g/mol. The second-order valence-electron chi connectivity index (χ2n) is 3.03. The van der Waals surface area contributed by atoms with Crippen LogP contribution >= 0.6 is 0 Å². The van der Waals surface area contributed by atoms with E-state index in [4.69, 9.17) is 0 Å². The van der Waals surface area contributed by atoms with Crippen LogP contribution in [0, 0.1) is 0 Å². The van der Waals surface area contributed by atoms with Gasteiger partial charge in [0.1, 0.15) is 5.71 Å². The lowest BCUT2D eigenvalue weighted by molar-refractivity contribution is -0.114. The number of nitrogens with one attached hydrogen (secondary N) is 2. The van der Waals surface area contributed by atoms with Crippen LogP contribution in [0.1, 0.15) is 0 Å². The fourth-order valence-corrected chi connectivity index (χ4v) is 1.21. The third-order valence-corrected chi connectivity index (χ3v) is 1.93. The molecule has 76 valence electrons. The molecule has 1 saturated heterocycles. The summed E-state index contributed by atoms with van der Waals surface area (Å²) in [6, 6.07) is 8.63. The van der Waals surface area contributed by atoms with E-state index in [1.54, 1.807) is 12.1 Å². The van der Waals surface area contributed by atoms with Crippen molar-refractivity contribution in [2.45, 2.75) is 0 Å². The first-order valence-corrected chi connectivity index (χ1v) is 4.47. The van der Waals surface area contributed by atoms with Gasteiger partial charge in [-0.3, -0.25) is 10.1 Å². The van der Waals surface area contributed by atoms with Crippen molar-refractivity contribution in [3.63, 3.8) is 0 Å². The van der Waals surface area contributed by atoms with Crippen molar-refractivity contribution in [3.05, 3.63) is 30.3 Å². The van der Waals surface area contributed by atoms with Crippen molar-refractivity contribution in [2.75, 3.05) is 6.54 Å². The molecular formula is C10H9N3O2. The lowest BCUT2D eigenvalue weighted by Gasteiger charge is -2.14. The first-order valence-electron chi connectivity index (χ1n) is 4.47. The standard InChI is InChI=1S/C10H9N3O2/c14-9-8(6-11-10(15)13-9)12-7-4-2-1-3-5-7/h1-5H,6H2,(H2,11,13,14,15). The van der Waals surface area contributed by atoms with E-state index in [0.29, 0.717) is 11.4 Å². The van der Waals surface area contributed by atoms with Crippen LogP contribution in [0.2, 0.25) is 0 Å². The maximum Gasteiger partial charge on any atom is 0.322 e. The number of nitrogens with zero attached hydrogens (tertiary/aromatic N) is 1. The largest absolute Gasteiger partial charge is 0.332 e. The topological polar surface area (TPSA) is 70.6 Å². The molecule has 1 heterocycles. The van der Waals surface area contributed by atoms with Crippen molar-refractivity contribution < 1.29 is 9.59 Å². The number of hydrogen-bond donors (Lipinski definition) is 2. The van der Waals surface area contributed by atoms with E-state index >= 15 is 0 Å². The summed E-state index contributed by atoms with van der Waals surface area (Å²) in [5.74, 6) is -0.442. The number of carbonyl (C=O) groups is 2. The van der Waals surface area contributed by atoms with E-state index in [1.165, 1.54) is 0 Å². The summed E-state index contributed by atoms with van der Waals surface area (Å²) < 4.78 is 0. The summed E-state index contributed by atoms with van der Waals surface area (Å²) >= 11 is 0. The molecule has 2 rings (SSSR count). The summed E-state index contributed by atoms with van der Waals surface area (Å²) in [5, 5.41) is 4.61. The molecule has 0 spiro atoms. The number of rotatable bonds is 1. The molecule has 1 aliphatic heterocycles. The number of amides is 3. The van der Waals surface area contributed by atoms with Gasteiger partial charge in [0, 0.05) is 0 Å². The van der Waals surface area contributed by atoms with Crippen LogP contribution < -0.4 is 10.6 Å². The summed E-state index contributed by atoms with van der Waals surface area (Å²) in [7, 11) is 0. The highest BCUT2D eigenvalue weighted by atomic mass is 16.2. The molecule has 1 aromatic carbocycles. The van der Waals surface area contributed by atoms with Crippen LogP contribution in [0.3, 0.4) is 0 Å². The first kappa shape index (κ1) is 9.39. The second kappa shape index (κ2) is 3.91. The zero-order valence-electron chi connectivity index (χ0n) is 7.86. The predicted molar refractivity (Wildman–Crippen MR) is 55.1 cm³/mol. The van der Waals surface area contributed by atoms with Crippen LogP contribution in [-0.4, -0.2) is 24.2 Å². The van der Waals surface area contributed by atoms with Crippen LogP contribution in [0.4, 0.5) is 10.5 Å². The lowest BCUT2D eigenvalue weighted by Crippen LogP contribution is -2.52. The maximum atomic E-state index is 11.3. The van der Waals surface area contributed by atoms with Gasteiger partial charge in [0.25, 0.3) is 5.91 Å². The van der Waals surface area contributed by atoms with Crippen LogP contribution in [0.25, 0.3) is 0 Å². The van der Waals surface area contributed by atoms with Gasteiger partial charge in [-0.2, -0.15) is 0 Å². The van der Waals surface area contributed by atoms with Gasteiger partial charge in [0.15, 0.2) is 0 Å². The number of para-hydroxylation sites is 1. The van der Waals surface area contributed by atoms with E-state index in [9.17, 15) is 9.59 Å². The Hall–Kier alpha value is -2.17. The quantitative estimate of drug-likeness (QED) is 0.701. The van der Waals surface area contributed by atoms with Crippen molar-refractivity contribution in [1.29, 1.82) is 0 Å². The third-order valence-electron chi connectivity index (χ3n) is 1.93. The molecule has 5 nitrogen and oxygen atoms in total. The Balaban J connectivity index is 2.21. The van der Waals surface area contributed by atoms with Gasteiger partial charge < -0.3 is 5.32 Å². The Morgan fingerprint density at radius 1 is 1.13 bits per heavy atom. The number of hydrogen-bond acceptors (Lipinski definition) is 3. The van der Waals surface area contributed by atoms with Crippen molar-refractivity contribution in [1.82, 2.24) is 10.6 Å². The van der Waals surface area contributed by atoms with E-state index in [2.05, 4.69) is 15.6 Å². The molecule has 0 unspecified atom stereocenters. The van der Waals surface area contributed by atoms with Crippen molar-refractivity contribution >= 4 is 23.3 Å². The zero-order chi connectivity index (χ0) is 10.7. The molecule has 5 heteroatoms. The molecule has 3 amide bonds. The normalized spacial score (nSPS) is 18.5. The molecule has 1 aromatic rings. The number of carbonyl (C=O) groups excluding carboxylic acids is 2. The fraction of sp³-hybridized carbons (Fsp3) is 0.100. The minimum Gasteiger partial charge on any atom is -0.332 e. The summed E-state index contributed by atoms with van der Waals surface area (Å²) in [6.07, 6.45) is 0. The summed E-state index contributed by atoms with van der Waals surface area (Å²) in [6.45, 7) is 0.166. The molecule has 0 bridgehead atoms. The molecule has 15 heavy (non-hydrogen) atoms. The van der Waals surface area contributed by atoms with E-state index in [-0.39, 0.29) is 6.54 Å². The van der Waals surface area contributed by atoms with Gasteiger partial charge in [-0.05, 0) is 12.1 Å². The zero-order valence-corrected chi connectivity index (χ0v) is 7.86. The average molecular weight is 203 g/mol. The Morgan fingerprint density at radius 3 is 2.53 bits per heavy atom. The predicted octanol–water partition coefficient (Wildman–Crippen LogP) is 0.598. The monoisotopic (exact) mass is 203 g/mol. The van der Waals surface area contributed by atoms with Gasteiger partial charge in [0.05, 0.1) is 12.2 Å². The Morgan fingerprint density at radius 2 is 1.87 bits per heavy atom. The highest BCUT2D eigenvalue weighted by Gasteiger charge is 2.20. The Labute approximate surface area is 86.2 Å². The van der Waals surface area contributed by atoms with Crippen LogP contribution in [-0.2, 0) is 4.79 Å². The molecule has 1 aliphatic rings. The number of urea groups is 1. The lowest BCUT2D eigenvalue weighted by atomic mass is 10.2. The molecule has 0 aliphatic carbocycles. The molecule has 2 N–H and O–H groups in total. The van der Waals surface area contributed by atoms with Gasteiger partial charge in [-0.1, -0.05) is 18.2 Å². The van der Waals surface area contributed by atoms with Gasteiger partial charge in [0.2, 0.25) is 0 Å². The van der Waals surface area contributed by atoms with Crippen LogP contribution in [0.15, 0.2) is 35.3 Å². The Kier molecular flexibility index (Phi) is 2.45. The molecule has 0 saturated carbocycles. The van der Waals surface area contributed by atoms with Gasteiger partial charge >= 0.3 is 6.03 Å². The van der Waals surface area contributed by atoms with E-state index < -0.39 is 11.9 Å². The SMILES string of the molecule is O=C1NCC(=Nc2ccccc2)C(=O)N1. The Bertz CT molecular complexity index is 426. The molecule has 0 atom stereocenters. The maximum absolute atomic E-state index is 11.3. The number of benzene rings is 1. The van der Waals surface area contributed by atoms with Gasteiger partial charge in [-0.25, -0.2) is 9.79 Å². The minimum atomic E-state index is -0.480. The minimum absolute atomic E-state index is 0.166. The second-order valence-corrected chi connectivity index (χ2v) is 3.03. The smallest absolute Gasteiger partial charge is 0.322 e. The van der Waals surface area contributed by atoms with E-state index in [0.717, 1.165) is 0 Å². The third kappa shape index (κ3) is 2.19. The fourth-order valence-electron chi connectivity index (χ4n) is 1.21. The molecule has 1 fully saturated rings. The van der Waals surface area contributed by atoms with Crippen molar-refractivity contribution in [3.8, 4) is 0 Å². The highest BCUT2D eigenvalue weighted by Crippen LogP contribution is 2.10. The first-order chi connectivity index (χ1) is 7.25. The van der Waals surface area contributed by atoms with E-state index in [1.807, 2.05) is 18.2 Å². The van der Waals surface area contributed by atoms with Crippen molar-refractivity contribution in [2.24, 2.45) is 4.99 Å². The average Bonchev–Trinajstić information content (AvgIpc) is 2.24. The van der Waals surface area contributed by atoms with Crippen LogP contribution in [0.5, 0.6) is 0 Å². The summed E-state index contributed by atoms with van der Waals surface area (Å²) in [5.41, 5.74) is 1.000. The number of aliphatic imine (C=N–C) groups is 1. The number of imide groups is 1. The summed E-state index contributed by atoms with van der Waals surface area (Å²) in [4.78, 5) is 26.2. The molecule has 0 aromatic heterocycles. The highest BCUT2D eigenvalue weighted by molar-refractivity contribution is 6.44.